The molecule has 0 bridgehead atoms. The summed E-state index contributed by atoms with van der Waals surface area (Å²) in [6, 6.07) is 10.1. The summed E-state index contributed by atoms with van der Waals surface area (Å²) in [5, 5.41) is 3.15. The van der Waals surface area contributed by atoms with Crippen molar-refractivity contribution in [1.82, 2.24) is 0 Å². The molecule has 0 radical (unpaired) electrons. The number of anilines is 2. The van der Waals surface area contributed by atoms with Gasteiger partial charge in [0.25, 0.3) is 5.91 Å². The fourth-order valence-corrected chi connectivity index (χ4v) is 2.31. The van der Waals surface area contributed by atoms with Crippen LogP contribution in [0.25, 0.3) is 0 Å². The number of esters is 1. The number of benzene rings is 2. The van der Waals surface area contributed by atoms with E-state index >= 15 is 0 Å². The molecule has 0 aliphatic carbocycles. The van der Waals surface area contributed by atoms with Crippen molar-refractivity contribution < 1.29 is 14.3 Å². The second-order valence-electron chi connectivity index (χ2n) is 5.54. The van der Waals surface area contributed by atoms with Crippen molar-refractivity contribution in [3.05, 3.63) is 58.1 Å². The molecule has 3 N–H and O–H groups in total. The topological polar surface area (TPSA) is 81.4 Å². The third kappa shape index (κ3) is 4.06. The number of rotatable bonds is 4. The molecular weight excluding hydrogens is 328 g/mol. The summed E-state index contributed by atoms with van der Waals surface area (Å²) in [7, 11) is 0. The van der Waals surface area contributed by atoms with E-state index in [1.54, 1.807) is 0 Å². The van der Waals surface area contributed by atoms with Crippen LogP contribution < -0.4 is 11.1 Å². The van der Waals surface area contributed by atoms with Gasteiger partial charge in [0.15, 0.2) is 6.10 Å². The lowest BCUT2D eigenvalue weighted by Crippen LogP contribution is -2.30. The van der Waals surface area contributed by atoms with Crippen molar-refractivity contribution >= 4 is 34.9 Å². The van der Waals surface area contributed by atoms with Crippen molar-refractivity contribution in [1.29, 1.82) is 0 Å². The van der Waals surface area contributed by atoms with Crippen molar-refractivity contribution in [2.24, 2.45) is 0 Å². The van der Waals surface area contributed by atoms with Gasteiger partial charge in [-0.2, -0.15) is 0 Å². The van der Waals surface area contributed by atoms with Crippen LogP contribution in [0, 0.1) is 13.8 Å². The molecular formula is C18H19ClN2O3. The first-order chi connectivity index (χ1) is 11.3. The summed E-state index contributed by atoms with van der Waals surface area (Å²) in [5.74, 6) is -1.04. The highest BCUT2D eigenvalue weighted by Gasteiger charge is 2.20. The molecule has 0 fully saturated rings. The minimum atomic E-state index is -0.951. The number of carbonyl (C=O) groups is 2. The Bertz CT molecular complexity index is 770. The number of nitrogen functional groups attached to an aromatic ring is 1. The second-order valence-corrected chi connectivity index (χ2v) is 5.95. The fraction of sp³-hybridized carbons (Fsp3) is 0.222. The Morgan fingerprint density at radius 1 is 1.17 bits per heavy atom. The van der Waals surface area contributed by atoms with Gasteiger partial charge in [0.1, 0.15) is 0 Å². The zero-order valence-corrected chi connectivity index (χ0v) is 14.5. The molecule has 24 heavy (non-hydrogen) atoms. The SMILES string of the molecule is Cc1cccc(C)c1NC(=O)[C@@H](C)OC(=O)c1ccc(Cl)c(N)c1. The van der Waals surface area contributed by atoms with Crippen LogP contribution in [0.3, 0.4) is 0 Å². The molecule has 0 saturated carbocycles. The first-order valence-corrected chi connectivity index (χ1v) is 7.80. The Kier molecular flexibility index (Phi) is 5.46. The van der Waals surface area contributed by atoms with Crippen molar-refractivity contribution in [3.8, 4) is 0 Å². The van der Waals surface area contributed by atoms with E-state index in [1.807, 2.05) is 32.0 Å². The summed E-state index contributed by atoms with van der Waals surface area (Å²) in [6.07, 6.45) is -0.951. The van der Waals surface area contributed by atoms with Gasteiger partial charge in [-0.25, -0.2) is 4.79 Å². The molecule has 1 amide bonds. The second kappa shape index (κ2) is 7.36. The predicted molar refractivity (Wildman–Crippen MR) is 95.3 cm³/mol. The fourth-order valence-electron chi connectivity index (χ4n) is 2.19. The lowest BCUT2D eigenvalue weighted by atomic mass is 10.1. The smallest absolute Gasteiger partial charge is 0.338 e. The quantitative estimate of drug-likeness (QED) is 0.653. The molecule has 0 aliphatic rings. The maximum absolute atomic E-state index is 12.3. The van der Waals surface area contributed by atoms with Gasteiger partial charge in [-0.15, -0.1) is 0 Å². The van der Waals surface area contributed by atoms with Crippen LogP contribution in [0.15, 0.2) is 36.4 Å². The summed E-state index contributed by atoms with van der Waals surface area (Å²) >= 11 is 5.82. The Balaban J connectivity index is 2.05. The molecule has 6 heteroatoms. The molecule has 0 unspecified atom stereocenters. The molecule has 5 nitrogen and oxygen atoms in total. The summed E-state index contributed by atoms with van der Waals surface area (Å²) < 4.78 is 5.20. The number of aryl methyl sites for hydroxylation is 2. The molecule has 0 spiro atoms. The van der Waals surface area contributed by atoms with E-state index in [0.29, 0.717) is 5.02 Å². The molecule has 2 rings (SSSR count). The van der Waals surface area contributed by atoms with Crippen LogP contribution in [0.4, 0.5) is 11.4 Å². The van der Waals surface area contributed by atoms with E-state index in [2.05, 4.69) is 5.32 Å². The van der Waals surface area contributed by atoms with Crippen LogP contribution >= 0.6 is 11.6 Å². The number of amides is 1. The zero-order chi connectivity index (χ0) is 17.9. The number of ether oxygens (including phenoxy) is 1. The van der Waals surface area contributed by atoms with Gasteiger partial charge < -0.3 is 15.8 Å². The Labute approximate surface area is 145 Å². The van der Waals surface area contributed by atoms with Crippen LogP contribution in [-0.2, 0) is 9.53 Å². The summed E-state index contributed by atoms with van der Waals surface area (Å²) in [4.78, 5) is 24.4. The molecule has 0 heterocycles. The summed E-state index contributed by atoms with van der Waals surface area (Å²) in [5.41, 5.74) is 8.78. The van der Waals surface area contributed by atoms with Crippen LogP contribution in [-0.4, -0.2) is 18.0 Å². The van der Waals surface area contributed by atoms with E-state index in [-0.39, 0.29) is 11.3 Å². The van der Waals surface area contributed by atoms with E-state index in [0.717, 1.165) is 16.8 Å². The van der Waals surface area contributed by atoms with Gasteiger partial charge in [0.2, 0.25) is 0 Å². The first-order valence-electron chi connectivity index (χ1n) is 7.42. The summed E-state index contributed by atoms with van der Waals surface area (Å²) in [6.45, 7) is 5.31. The molecule has 126 valence electrons. The first kappa shape index (κ1) is 17.8. The number of halogens is 1. The monoisotopic (exact) mass is 346 g/mol. The van der Waals surface area contributed by atoms with Crippen molar-refractivity contribution in [2.45, 2.75) is 26.9 Å². The lowest BCUT2D eigenvalue weighted by Gasteiger charge is -2.16. The minimum absolute atomic E-state index is 0.239. The normalized spacial score (nSPS) is 11.7. The van der Waals surface area contributed by atoms with E-state index < -0.39 is 18.0 Å². The highest BCUT2D eigenvalue weighted by atomic mass is 35.5. The van der Waals surface area contributed by atoms with Crippen LogP contribution in [0.1, 0.15) is 28.4 Å². The van der Waals surface area contributed by atoms with Gasteiger partial charge in [0.05, 0.1) is 16.3 Å². The third-order valence-electron chi connectivity index (χ3n) is 3.61. The van der Waals surface area contributed by atoms with Crippen molar-refractivity contribution in [2.75, 3.05) is 11.1 Å². The highest BCUT2D eigenvalue weighted by molar-refractivity contribution is 6.33. The average molecular weight is 347 g/mol. The number of nitrogens with one attached hydrogen (secondary N) is 1. The number of para-hydroxylation sites is 1. The average Bonchev–Trinajstić information content (AvgIpc) is 2.53. The standard InChI is InChI=1S/C18H19ClN2O3/c1-10-5-4-6-11(2)16(10)21-17(22)12(3)24-18(23)13-7-8-14(19)15(20)9-13/h4-9,12H,20H2,1-3H3,(H,21,22)/t12-/m1/s1. The van der Waals surface area contributed by atoms with Gasteiger partial charge >= 0.3 is 5.97 Å². The zero-order valence-electron chi connectivity index (χ0n) is 13.7. The molecule has 0 aliphatic heterocycles. The van der Waals surface area contributed by atoms with Gasteiger partial charge in [0, 0.05) is 5.69 Å². The maximum atomic E-state index is 12.3. The Morgan fingerprint density at radius 3 is 2.38 bits per heavy atom. The number of hydrogen-bond acceptors (Lipinski definition) is 4. The predicted octanol–water partition coefficient (Wildman–Crippen LogP) is 3.72. The van der Waals surface area contributed by atoms with Crippen molar-refractivity contribution in [3.63, 3.8) is 0 Å². The van der Waals surface area contributed by atoms with E-state index in [4.69, 9.17) is 22.1 Å². The highest BCUT2D eigenvalue weighted by Crippen LogP contribution is 2.21. The van der Waals surface area contributed by atoms with E-state index in [9.17, 15) is 9.59 Å². The Morgan fingerprint density at radius 2 is 1.79 bits per heavy atom. The molecule has 2 aromatic carbocycles. The largest absolute Gasteiger partial charge is 0.449 e. The Hall–Kier alpha value is -2.53. The third-order valence-corrected chi connectivity index (χ3v) is 3.96. The molecule has 2 aromatic rings. The van der Waals surface area contributed by atoms with Gasteiger partial charge in [-0.3, -0.25) is 4.79 Å². The van der Waals surface area contributed by atoms with Crippen LogP contribution in [0.5, 0.6) is 0 Å². The molecule has 0 aromatic heterocycles. The number of hydrogen-bond donors (Lipinski definition) is 2. The maximum Gasteiger partial charge on any atom is 0.338 e. The van der Waals surface area contributed by atoms with E-state index in [1.165, 1.54) is 25.1 Å². The lowest BCUT2D eigenvalue weighted by molar-refractivity contribution is -0.123. The van der Waals surface area contributed by atoms with Gasteiger partial charge in [-0.1, -0.05) is 29.8 Å². The number of nitrogens with two attached hydrogens (primary N) is 1. The van der Waals surface area contributed by atoms with Gasteiger partial charge in [-0.05, 0) is 50.1 Å². The van der Waals surface area contributed by atoms with Crippen LogP contribution in [0.2, 0.25) is 5.02 Å². The number of carbonyl (C=O) groups excluding carboxylic acids is 2. The minimum Gasteiger partial charge on any atom is -0.449 e. The molecule has 1 atom stereocenters. The molecule has 0 saturated heterocycles.